The van der Waals surface area contributed by atoms with Crippen LogP contribution in [0.1, 0.15) is 12.5 Å². The first-order chi connectivity index (χ1) is 9.60. The van der Waals surface area contributed by atoms with Crippen molar-refractivity contribution in [3.05, 3.63) is 72.3 Å². The molecule has 2 aromatic carbocycles. The molecule has 100 valence electrons. The Balaban J connectivity index is 2.05. The molecule has 1 amide bonds. The lowest BCUT2D eigenvalue weighted by atomic mass is 9.98. The largest absolute Gasteiger partial charge is 0.367 e. The molecule has 0 saturated carbocycles. The first-order valence-electron chi connectivity index (χ1n) is 6.50. The highest BCUT2D eigenvalue weighted by Crippen LogP contribution is 2.38. The van der Waals surface area contributed by atoms with Crippen LogP contribution in [0.15, 0.2) is 66.7 Å². The number of aliphatic hydroxyl groups is 1. The molecule has 20 heavy (non-hydrogen) atoms. The third-order valence-corrected chi connectivity index (χ3v) is 3.53. The van der Waals surface area contributed by atoms with Crippen molar-refractivity contribution in [3.8, 4) is 0 Å². The standard InChI is InChI=1S/C17H15NO2/c1-17(20)15(13-8-4-2-5-9-13)12-16(19)18(17)14-10-6-3-7-11-14/h2-12,20H,1H3. The van der Waals surface area contributed by atoms with E-state index in [0.717, 1.165) is 5.56 Å². The molecule has 0 bridgehead atoms. The van der Waals surface area contributed by atoms with Crippen LogP contribution in [-0.4, -0.2) is 16.7 Å². The molecule has 0 fully saturated rings. The maximum atomic E-state index is 12.3. The van der Waals surface area contributed by atoms with E-state index in [0.29, 0.717) is 11.3 Å². The zero-order valence-corrected chi connectivity index (χ0v) is 11.2. The molecule has 1 aliphatic heterocycles. The third-order valence-electron chi connectivity index (χ3n) is 3.53. The van der Waals surface area contributed by atoms with Gasteiger partial charge in [-0.25, -0.2) is 0 Å². The molecule has 1 heterocycles. The van der Waals surface area contributed by atoms with Crippen molar-refractivity contribution in [2.24, 2.45) is 0 Å². The lowest BCUT2D eigenvalue weighted by Gasteiger charge is -2.33. The topological polar surface area (TPSA) is 40.5 Å². The number of hydrogen-bond donors (Lipinski definition) is 1. The van der Waals surface area contributed by atoms with Gasteiger partial charge in [0.25, 0.3) is 5.91 Å². The molecule has 0 saturated heterocycles. The maximum absolute atomic E-state index is 12.3. The van der Waals surface area contributed by atoms with Crippen molar-refractivity contribution in [1.29, 1.82) is 0 Å². The van der Waals surface area contributed by atoms with Gasteiger partial charge in [0, 0.05) is 17.3 Å². The molecule has 3 nitrogen and oxygen atoms in total. The Morgan fingerprint density at radius 2 is 1.50 bits per heavy atom. The molecule has 0 aromatic heterocycles. The Labute approximate surface area is 117 Å². The van der Waals surface area contributed by atoms with Gasteiger partial charge in [-0.15, -0.1) is 0 Å². The maximum Gasteiger partial charge on any atom is 0.254 e. The summed E-state index contributed by atoms with van der Waals surface area (Å²) in [5, 5.41) is 10.8. The number of para-hydroxylation sites is 1. The third kappa shape index (κ3) is 1.92. The molecule has 1 aliphatic rings. The molecular weight excluding hydrogens is 250 g/mol. The average molecular weight is 265 g/mol. The smallest absolute Gasteiger partial charge is 0.254 e. The summed E-state index contributed by atoms with van der Waals surface area (Å²) < 4.78 is 0. The fourth-order valence-electron chi connectivity index (χ4n) is 2.59. The highest BCUT2D eigenvalue weighted by atomic mass is 16.3. The fourth-order valence-corrected chi connectivity index (χ4v) is 2.59. The van der Waals surface area contributed by atoms with E-state index in [9.17, 15) is 9.90 Å². The van der Waals surface area contributed by atoms with Crippen LogP contribution in [-0.2, 0) is 4.79 Å². The van der Waals surface area contributed by atoms with Gasteiger partial charge in [0.15, 0.2) is 5.72 Å². The molecule has 3 heteroatoms. The van der Waals surface area contributed by atoms with Gasteiger partial charge in [-0.3, -0.25) is 9.69 Å². The number of carbonyl (C=O) groups is 1. The highest BCUT2D eigenvalue weighted by Gasteiger charge is 2.43. The van der Waals surface area contributed by atoms with E-state index in [1.807, 2.05) is 60.7 Å². The second-order valence-electron chi connectivity index (χ2n) is 4.95. The van der Waals surface area contributed by atoms with Crippen LogP contribution >= 0.6 is 0 Å². The Bertz CT molecular complexity index is 660. The van der Waals surface area contributed by atoms with Crippen LogP contribution in [0.3, 0.4) is 0 Å². The van der Waals surface area contributed by atoms with E-state index >= 15 is 0 Å². The number of benzene rings is 2. The number of amides is 1. The molecule has 0 spiro atoms. The molecule has 0 radical (unpaired) electrons. The number of nitrogens with zero attached hydrogens (tertiary/aromatic N) is 1. The van der Waals surface area contributed by atoms with Crippen LogP contribution in [0.2, 0.25) is 0 Å². The van der Waals surface area contributed by atoms with Crippen molar-refractivity contribution in [3.63, 3.8) is 0 Å². The van der Waals surface area contributed by atoms with Crippen LogP contribution in [0.5, 0.6) is 0 Å². The van der Waals surface area contributed by atoms with Crippen molar-refractivity contribution < 1.29 is 9.90 Å². The Hall–Kier alpha value is -2.39. The number of carbonyl (C=O) groups excluding carboxylic acids is 1. The first kappa shape index (κ1) is 12.6. The van der Waals surface area contributed by atoms with E-state index < -0.39 is 5.72 Å². The van der Waals surface area contributed by atoms with E-state index in [1.54, 1.807) is 6.92 Å². The van der Waals surface area contributed by atoms with Gasteiger partial charge >= 0.3 is 0 Å². The van der Waals surface area contributed by atoms with Gasteiger partial charge in [0.05, 0.1) is 0 Å². The van der Waals surface area contributed by atoms with Gasteiger partial charge in [-0.05, 0) is 24.6 Å². The molecule has 1 unspecified atom stereocenters. The van der Waals surface area contributed by atoms with Crippen molar-refractivity contribution in [2.75, 3.05) is 4.90 Å². The monoisotopic (exact) mass is 265 g/mol. The van der Waals surface area contributed by atoms with Crippen molar-refractivity contribution >= 4 is 17.2 Å². The summed E-state index contributed by atoms with van der Waals surface area (Å²) in [7, 11) is 0. The molecule has 1 N–H and O–H groups in total. The second-order valence-corrected chi connectivity index (χ2v) is 4.95. The Morgan fingerprint density at radius 3 is 2.10 bits per heavy atom. The van der Waals surface area contributed by atoms with Gasteiger partial charge in [-0.1, -0.05) is 48.5 Å². The minimum absolute atomic E-state index is 0.208. The summed E-state index contributed by atoms with van der Waals surface area (Å²) in [6.07, 6.45) is 1.50. The van der Waals surface area contributed by atoms with Crippen LogP contribution in [0.25, 0.3) is 5.57 Å². The van der Waals surface area contributed by atoms with Gasteiger partial charge in [0.1, 0.15) is 0 Å². The van der Waals surface area contributed by atoms with E-state index in [1.165, 1.54) is 11.0 Å². The van der Waals surface area contributed by atoms with Gasteiger partial charge in [0.2, 0.25) is 0 Å². The lowest BCUT2D eigenvalue weighted by Crippen LogP contribution is -2.45. The normalized spacial score (nSPS) is 22.0. The van der Waals surface area contributed by atoms with Gasteiger partial charge in [-0.2, -0.15) is 0 Å². The lowest BCUT2D eigenvalue weighted by molar-refractivity contribution is -0.115. The number of hydrogen-bond acceptors (Lipinski definition) is 2. The Kier molecular flexibility index (Phi) is 2.92. The predicted molar refractivity (Wildman–Crippen MR) is 79.0 cm³/mol. The second kappa shape index (κ2) is 4.62. The average Bonchev–Trinajstić information content (AvgIpc) is 2.70. The van der Waals surface area contributed by atoms with E-state index in [-0.39, 0.29) is 5.91 Å². The Morgan fingerprint density at radius 1 is 0.950 bits per heavy atom. The summed E-state index contributed by atoms with van der Waals surface area (Å²) in [6, 6.07) is 18.7. The van der Waals surface area contributed by atoms with Crippen LogP contribution in [0.4, 0.5) is 5.69 Å². The first-order valence-corrected chi connectivity index (χ1v) is 6.50. The summed E-state index contributed by atoms with van der Waals surface area (Å²) >= 11 is 0. The van der Waals surface area contributed by atoms with Gasteiger partial charge < -0.3 is 5.11 Å². The zero-order valence-electron chi connectivity index (χ0n) is 11.2. The van der Waals surface area contributed by atoms with Crippen molar-refractivity contribution in [1.82, 2.24) is 0 Å². The fraction of sp³-hybridized carbons (Fsp3) is 0.118. The summed E-state index contributed by atoms with van der Waals surface area (Å²) in [5.41, 5.74) is 0.806. The van der Waals surface area contributed by atoms with E-state index in [2.05, 4.69) is 0 Å². The number of rotatable bonds is 2. The quantitative estimate of drug-likeness (QED) is 0.907. The van der Waals surface area contributed by atoms with Crippen LogP contribution in [0, 0.1) is 0 Å². The summed E-state index contributed by atoms with van der Waals surface area (Å²) in [6.45, 7) is 1.64. The van der Waals surface area contributed by atoms with Crippen LogP contribution < -0.4 is 4.90 Å². The summed E-state index contributed by atoms with van der Waals surface area (Å²) in [5.74, 6) is -0.208. The number of anilines is 1. The SMILES string of the molecule is CC1(O)C(c2ccccc2)=CC(=O)N1c1ccccc1. The minimum Gasteiger partial charge on any atom is -0.367 e. The molecular formula is C17H15NO2. The highest BCUT2D eigenvalue weighted by molar-refractivity contribution is 6.14. The van der Waals surface area contributed by atoms with E-state index in [4.69, 9.17) is 0 Å². The molecule has 0 aliphatic carbocycles. The zero-order chi connectivity index (χ0) is 14.2. The summed E-state index contributed by atoms with van der Waals surface area (Å²) in [4.78, 5) is 13.7. The predicted octanol–water partition coefficient (Wildman–Crippen LogP) is 2.83. The molecule has 3 rings (SSSR count). The minimum atomic E-state index is -1.35. The molecule has 1 atom stereocenters. The van der Waals surface area contributed by atoms with Crippen molar-refractivity contribution in [2.45, 2.75) is 12.6 Å². The molecule has 2 aromatic rings.